The van der Waals surface area contributed by atoms with Gasteiger partial charge in [0.1, 0.15) is 5.82 Å². The molecule has 2 aromatic rings. The van der Waals surface area contributed by atoms with Crippen LogP contribution >= 0.6 is 23.1 Å². The molecule has 0 bridgehead atoms. The Hall–Kier alpha value is -1.44. The lowest BCUT2D eigenvalue weighted by Crippen LogP contribution is -2.42. The van der Waals surface area contributed by atoms with Crippen LogP contribution in [0.5, 0.6) is 0 Å². The second-order valence-corrected chi connectivity index (χ2v) is 7.41. The average Bonchev–Trinajstić information content (AvgIpc) is 3.12. The zero-order valence-corrected chi connectivity index (χ0v) is 13.3. The third-order valence-corrected chi connectivity index (χ3v) is 5.61. The molecule has 7 heteroatoms. The Kier molecular flexibility index (Phi) is 4.46. The Morgan fingerprint density at radius 1 is 1.45 bits per heavy atom. The first-order valence-electron chi connectivity index (χ1n) is 6.86. The van der Waals surface area contributed by atoms with Gasteiger partial charge in [0.2, 0.25) is 0 Å². The second kappa shape index (κ2) is 6.36. The minimum Gasteiger partial charge on any atom is -0.379 e. The van der Waals surface area contributed by atoms with Gasteiger partial charge >= 0.3 is 0 Å². The number of carbonyl (C=O) groups excluding carboxylic acids is 1. The van der Waals surface area contributed by atoms with Gasteiger partial charge in [0, 0.05) is 23.2 Å². The first kappa shape index (κ1) is 15.5. The van der Waals surface area contributed by atoms with Crippen molar-refractivity contribution in [1.29, 1.82) is 0 Å². The maximum atomic E-state index is 13.6. The molecule has 1 aliphatic rings. The Morgan fingerprint density at radius 3 is 3.00 bits per heavy atom. The van der Waals surface area contributed by atoms with E-state index in [9.17, 15) is 14.3 Å². The highest BCUT2D eigenvalue weighted by molar-refractivity contribution is 7.99. The fraction of sp³-hybridized carbons (Fsp3) is 0.333. The summed E-state index contributed by atoms with van der Waals surface area (Å²) in [6, 6.07) is 6.59. The molecule has 1 amide bonds. The van der Waals surface area contributed by atoms with Crippen LogP contribution in [0.25, 0.3) is 0 Å². The van der Waals surface area contributed by atoms with E-state index in [2.05, 4.69) is 10.3 Å². The number of nitrogens with zero attached hydrogens (tertiary/aromatic N) is 1. The van der Waals surface area contributed by atoms with E-state index in [0.717, 1.165) is 10.6 Å². The summed E-state index contributed by atoms with van der Waals surface area (Å²) in [5.41, 5.74) is -0.711. The van der Waals surface area contributed by atoms with Gasteiger partial charge in [0.25, 0.3) is 5.91 Å². The Labute approximate surface area is 135 Å². The molecule has 4 nitrogen and oxygen atoms in total. The molecule has 0 saturated carbocycles. The number of amides is 1. The quantitative estimate of drug-likeness (QED) is 0.900. The van der Waals surface area contributed by atoms with Crippen molar-refractivity contribution in [3.05, 3.63) is 46.7 Å². The van der Waals surface area contributed by atoms with Crippen molar-refractivity contribution in [2.24, 2.45) is 0 Å². The van der Waals surface area contributed by atoms with Crippen LogP contribution in [0.2, 0.25) is 0 Å². The van der Waals surface area contributed by atoms with Gasteiger partial charge in [-0.25, -0.2) is 9.37 Å². The number of anilines is 1. The number of aliphatic hydroxyl groups is 1. The number of hydrogen-bond acceptors (Lipinski definition) is 5. The van der Waals surface area contributed by atoms with Gasteiger partial charge in [-0.15, -0.1) is 11.3 Å². The zero-order chi connectivity index (χ0) is 15.6. The minimum absolute atomic E-state index is 0.251. The van der Waals surface area contributed by atoms with Gasteiger partial charge in [0.05, 0.1) is 0 Å². The molecule has 1 aromatic carbocycles. The number of carbonyl (C=O) groups is 1. The topological polar surface area (TPSA) is 62.2 Å². The molecule has 1 aromatic heterocycles. The van der Waals surface area contributed by atoms with Crippen LogP contribution in [0.1, 0.15) is 16.9 Å². The molecular weight excluding hydrogens is 323 g/mol. The van der Waals surface area contributed by atoms with Gasteiger partial charge in [-0.05, 0) is 23.8 Å². The van der Waals surface area contributed by atoms with Crippen LogP contribution in [0, 0.1) is 5.82 Å². The summed E-state index contributed by atoms with van der Waals surface area (Å²) in [5.74, 6) is 0.523. The number of halogens is 1. The summed E-state index contributed by atoms with van der Waals surface area (Å²) in [4.78, 5) is 17.1. The van der Waals surface area contributed by atoms with Gasteiger partial charge in [0.15, 0.2) is 10.7 Å². The highest BCUT2D eigenvalue weighted by Gasteiger charge is 2.39. The molecule has 1 fully saturated rings. The molecule has 0 radical (unpaired) electrons. The molecule has 116 valence electrons. The first-order valence-corrected chi connectivity index (χ1v) is 8.84. The fourth-order valence-electron chi connectivity index (χ4n) is 2.22. The monoisotopic (exact) mass is 338 g/mol. The van der Waals surface area contributed by atoms with E-state index < -0.39 is 11.5 Å². The van der Waals surface area contributed by atoms with E-state index in [1.54, 1.807) is 36.2 Å². The van der Waals surface area contributed by atoms with E-state index in [-0.39, 0.29) is 5.82 Å². The van der Waals surface area contributed by atoms with Crippen molar-refractivity contribution >= 4 is 34.1 Å². The lowest BCUT2D eigenvalue weighted by molar-refractivity contribution is -0.131. The highest BCUT2D eigenvalue weighted by atomic mass is 32.2. The normalized spacial score (nSPS) is 21.0. The number of thioether (sulfide) groups is 1. The summed E-state index contributed by atoms with van der Waals surface area (Å²) < 4.78 is 13.6. The third-order valence-electron chi connectivity index (χ3n) is 3.52. The summed E-state index contributed by atoms with van der Waals surface area (Å²) in [6.45, 7) is 0. The molecule has 2 heterocycles. The number of hydrogen-bond donors (Lipinski definition) is 2. The van der Waals surface area contributed by atoms with Gasteiger partial charge in [-0.3, -0.25) is 10.1 Å². The van der Waals surface area contributed by atoms with Crippen molar-refractivity contribution < 1.29 is 14.3 Å². The predicted octanol–water partition coefficient (Wildman–Crippen LogP) is 2.68. The standard InChI is InChI=1S/C15H15FN2O2S2/c16-12-4-2-1-3-10(12)7-11-8-17-14(22-11)18-13(19)15(20)5-6-21-9-15/h1-4,8,20H,5-7,9H2,(H,17,18,19). The van der Waals surface area contributed by atoms with Crippen molar-refractivity contribution in [3.8, 4) is 0 Å². The Morgan fingerprint density at radius 2 is 2.27 bits per heavy atom. The largest absolute Gasteiger partial charge is 0.379 e. The van der Waals surface area contributed by atoms with E-state index in [1.807, 2.05) is 0 Å². The minimum atomic E-state index is -1.30. The van der Waals surface area contributed by atoms with E-state index in [4.69, 9.17) is 0 Å². The predicted molar refractivity (Wildman–Crippen MR) is 86.8 cm³/mol. The summed E-state index contributed by atoms with van der Waals surface area (Å²) >= 11 is 2.85. The van der Waals surface area contributed by atoms with Crippen molar-refractivity contribution in [3.63, 3.8) is 0 Å². The van der Waals surface area contributed by atoms with Crippen LogP contribution in [-0.2, 0) is 11.2 Å². The molecule has 1 unspecified atom stereocenters. The van der Waals surface area contributed by atoms with Crippen LogP contribution in [0.4, 0.5) is 9.52 Å². The number of thiazole rings is 1. The smallest absolute Gasteiger partial charge is 0.259 e. The summed E-state index contributed by atoms with van der Waals surface area (Å²) in [6.07, 6.45) is 2.51. The maximum Gasteiger partial charge on any atom is 0.259 e. The van der Waals surface area contributed by atoms with Crippen molar-refractivity contribution in [2.75, 3.05) is 16.8 Å². The lowest BCUT2D eigenvalue weighted by atomic mass is 10.0. The van der Waals surface area contributed by atoms with E-state index >= 15 is 0 Å². The van der Waals surface area contributed by atoms with Gasteiger partial charge in [-0.2, -0.15) is 11.8 Å². The molecular formula is C15H15FN2O2S2. The number of aromatic nitrogens is 1. The summed E-state index contributed by atoms with van der Waals surface area (Å²) in [7, 11) is 0. The Balaban J connectivity index is 1.66. The summed E-state index contributed by atoms with van der Waals surface area (Å²) in [5, 5.41) is 13.3. The SMILES string of the molecule is O=C(Nc1ncc(Cc2ccccc2F)s1)C1(O)CCSC1. The second-order valence-electron chi connectivity index (χ2n) is 5.19. The average molecular weight is 338 g/mol. The van der Waals surface area contributed by atoms with Crippen LogP contribution in [0.15, 0.2) is 30.5 Å². The zero-order valence-electron chi connectivity index (χ0n) is 11.7. The van der Waals surface area contributed by atoms with Crippen molar-refractivity contribution in [2.45, 2.75) is 18.4 Å². The fourth-order valence-corrected chi connectivity index (χ4v) is 4.29. The number of rotatable bonds is 4. The van der Waals surface area contributed by atoms with E-state index in [1.165, 1.54) is 17.4 Å². The molecule has 1 atom stereocenters. The van der Waals surface area contributed by atoms with Crippen LogP contribution < -0.4 is 5.32 Å². The van der Waals surface area contributed by atoms with E-state index in [0.29, 0.717) is 29.3 Å². The lowest BCUT2D eigenvalue weighted by Gasteiger charge is -2.18. The van der Waals surface area contributed by atoms with Crippen LogP contribution in [-0.4, -0.2) is 33.1 Å². The molecule has 2 N–H and O–H groups in total. The third kappa shape index (κ3) is 3.31. The van der Waals surface area contributed by atoms with Gasteiger partial charge in [-0.1, -0.05) is 18.2 Å². The molecule has 1 aliphatic heterocycles. The number of nitrogens with one attached hydrogen (secondary N) is 1. The molecule has 3 rings (SSSR count). The number of benzene rings is 1. The Bertz CT molecular complexity index is 684. The van der Waals surface area contributed by atoms with Crippen molar-refractivity contribution in [1.82, 2.24) is 4.98 Å². The van der Waals surface area contributed by atoms with Crippen LogP contribution in [0.3, 0.4) is 0 Å². The first-order chi connectivity index (χ1) is 10.6. The highest BCUT2D eigenvalue weighted by Crippen LogP contribution is 2.30. The molecule has 0 aliphatic carbocycles. The maximum absolute atomic E-state index is 13.6. The molecule has 0 spiro atoms. The van der Waals surface area contributed by atoms with Gasteiger partial charge < -0.3 is 5.11 Å². The molecule has 1 saturated heterocycles. The molecule has 22 heavy (non-hydrogen) atoms.